The molecule has 0 aromatic heterocycles. The summed E-state index contributed by atoms with van der Waals surface area (Å²) in [5.74, 6) is -0.452. The van der Waals surface area contributed by atoms with E-state index < -0.39 is 12.0 Å². The highest BCUT2D eigenvalue weighted by Gasteiger charge is 2.38. The zero-order valence-corrected chi connectivity index (χ0v) is 12.3. The van der Waals surface area contributed by atoms with Gasteiger partial charge in [-0.15, -0.1) is 11.8 Å². The summed E-state index contributed by atoms with van der Waals surface area (Å²) in [6.45, 7) is 1.94. The van der Waals surface area contributed by atoms with E-state index in [0.717, 1.165) is 16.0 Å². The Morgan fingerprint density at radius 2 is 2.05 bits per heavy atom. The van der Waals surface area contributed by atoms with Crippen LogP contribution in [0.15, 0.2) is 29.2 Å². The number of halogens is 1. The average molecular weight is 299 g/mol. The predicted molar refractivity (Wildman–Crippen MR) is 78.0 cm³/mol. The molecule has 19 heavy (non-hydrogen) atoms. The lowest BCUT2D eigenvalue weighted by Gasteiger charge is -2.15. The summed E-state index contributed by atoms with van der Waals surface area (Å²) in [6, 6.07) is 7.43. The van der Waals surface area contributed by atoms with Gasteiger partial charge in [-0.3, -0.25) is 4.79 Å². The third-order valence-electron chi connectivity index (χ3n) is 3.18. The lowest BCUT2D eigenvalue weighted by Crippen LogP contribution is -2.27. The maximum absolute atomic E-state index is 11.8. The molecule has 0 aliphatic carbocycles. The van der Waals surface area contributed by atoms with Crippen molar-refractivity contribution in [2.45, 2.75) is 13.0 Å². The number of allylic oxidation sites excluding steroid dienone is 1. The van der Waals surface area contributed by atoms with Gasteiger partial charge in [-0.1, -0.05) is 23.7 Å². The van der Waals surface area contributed by atoms with Crippen molar-refractivity contribution in [3.05, 3.63) is 39.8 Å². The van der Waals surface area contributed by atoms with E-state index in [1.54, 1.807) is 0 Å². The molecule has 1 aromatic rings. The second-order valence-corrected chi connectivity index (χ2v) is 5.87. The monoisotopic (exact) mass is 298 g/mol. The van der Waals surface area contributed by atoms with Gasteiger partial charge in [0.2, 0.25) is 0 Å². The lowest BCUT2D eigenvalue weighted by molar-refractivity contribution is -0.146. The highest BCUT2D eigenvalue weighted by atomic mass is 35.5. The van der Waals surface area contributed by atoms with Crippen LogP contribution in [0.25, 0.3) is 5.57 Å². The van der Waals surface area contributed by atoms with Crippen LogP contribution in [0.1, 0.15) is 12.5 Å². The SMILES string of the molecule is COC(=O)C1/C(=C(/C)c2ccc(Cl)cc2)SCC1O. The van der Waals surface area contributed by atoms with Crippen molar-refractivity contribution in [2.24, 2.45) is 5.92 Å². The molecule has 102 valence electrons. The highest BCUT2D eigenvalue weighted by molar-refractivity contribution is 8.03. The van der Waals surface area contributed by atoms with Crippen molar-refractivity contribution in [2.75, 3.05) is 12.9 Å². The second-order valence-electron chi connectivity index (χ2n) is 4.38. The maximum Gasteiger partial charge on any atom is 0.316 e. The maximum atomic E-state index is 11.8. The van der Waals surface area contributed by atoms with E-state index in [4.69, 9.17) is 16.3 Å². The Hall–Kier alpha value is -0.970. The van der Waals surface area contributed by atoms with E-state index in [2.05, 4.69) is 0 Å². The molecule has 2 rings (SSSR count). The zero-order valence-electron chi connectivity index (χ0n) is 10.7. The molecule has 1 aliphatic heterocycles. The van der Waals surface area contributed by atoms with Gasteiger partial charge in [-0.05, 0) is 30.2 Å². The van der Waals surface area contributed by atoms with Crippen molar-refractivity contribution < 1.29 is 14.6 Å². The van der Waals surface area contributed by atoms with Crippen LogP contribution in [0.4, 0.5) is 0 Å². The van der Waals surface area contributed by atoms with Crippen LogP contribution in [0.5, 0.6) is 0 Å². The van der Waals surface area contributed by atoms with Gasteiger partial charge in [0, 0.05) is 15.7 Å². The van der Waals surface area contributed by atoms with Crippen molar-refractivity contribution in [1.82, 2.24) is 0 Å². The second kappa shape index (κ2) is 5.99. The van der Waals surface area contributed by atoms with Gasteiger partial charge in [0.15, 0.2) is 0 Å². The quantitative estimate of drug-likeness (QED) is 0.853. The van der Waals surface area contributed by atoms with Gasteiger partial charge in [0.25, 0.3) is 0 Å². The van der Waals surface area contributed by atoms with Crippen molar-refractivity contribution >= 4 is 34.9 Å². The van der Waals surface area contributed by atoms with E-state index in [1.165, 1.54) is 18.9 Å². The van der Waals surface area contributed by atoms with E-state index in [-0.39, 0.29) is 5.97 Å². The van der Waals surface area contributed by atoms with E-state index in [1.807, 2.05) is 31.2 Å². The molecule has 2 atom stereocenters. The van der Waals surface area contributed by atoms with Gasteiger partial charge < -0.3 is 9.84 Å². The molecule has 1 N–H and O–H groups in total. The molecule has 3 nitrogen and oxygen atoms in total. The molecule has 0 radical (unpaired) electrons. The summed E-state index contributed by atoms with van der Waals surface area (Å²) in [7, 11) is 1.34. The van der Waals surface area contributed by atoms with Crippen LogP contribution >= 0.6 is 23.4 Å². The molecule has 1 heterocycles. The molecule has 1 saturated heterocycles. The minimum Gasteiger partial charge on any atom is -0.468 e. The highest BCUT2D eigenvalue weighted by Crippen LogP contribution is 2.42. The number of hydrogen-bond donors (Lipinski definition) is 1. The van der Waals surface area contributed by atoms with E-state index >= 15 is 0 Å². The summed E-state index contributed by atoms with van der Waals surface area (Å²) < 4.78 is 4.77. The topological polar surface area (TPSA) is 46.5 Å². The Kier molecular flexibility index (Phi) is 4.55. The van der Waals surface area contributed by atoms with Crippen LogP contribution in [0.2, 0.25) is 5.02 Å². The minimum atomic E-state index is -0.685. The van der Waals surface area contributed by atoms with Crippen molar-refractivity contribution in [3.8, 4) is 0 Å². The molecular weight excluding hydrogens is 284 g/mol. The van der Waals surface area contributed by atoms with Crippen molar-refractivity contribution in [3.63, 3.8) is 0 Å². The standard InChI is InChI=1S/C14H15ClO3S/c1-8(9-3-5-10(15)6-4-9)13-12(14(17)18-2)11(16)7-19-13/h3-6,11-12,16H,7H2,1-2H3/b13-8+. The number of esters is 1. The van der Waals surface area contributed by atoms with Gasteiger partial charge in [-0.25, -0.2) is 0 Å². The number of methoxy groups -OCH3 is 1. The first-order chi connectivity index (χ1) is 9.04. The fourth-order valence-corrected chi connectivity index (χ4v) is 3.55. The van der Waals surface area contributed by atoms with Crippen LogP contribution < -0.4 is 0 Å². The van der Waals surface area contributed by atoms with E-state index in [9.17, 15) is 9.90 Å². The predicted octanol–water partition coefficient (Wildman–Crippen LogP) is 2.97. The summed E-state index contributed by atoms with van der Waals surface area (Å²) in [4.78, 5) is 12.7. The summed E-state index contributed by atoms with van der Waals surface area (Å²) in [5.41, 5.74) is 1.98. The molecular formula is C14H15ClO3S. The smallest absolute Gasteiger partial charge is 0.316 e. The third kappa shape index (κ3) is 2.96. The molecule has 1 aromatic carbocycles. The summed E-state index contributed by atoms with van der Waals surface area (Å²) in [6.07, 6.45) is -0.685. The third-order valence-corrected chi connectivity index (χ3v) is 4.81. The Morgan fingerprint density at radius 1 is 1.42 bits per heavy atom. The largest absolute Gasteiger partial charge is 0.468 e. The zero-order chi connectivity index (χ0) is 14.0. The Labute approximate surface area is 121 Å². The number of rotatable bonds is 2. The summed E-state index contributed by atoms with van der Waals surface area (Å²) in [5, 5.41) is 10.6. The normalized spacial score (nSPS) is 25.3. The number of aliphatic hydroxyl groups is 1. The molecule has 1 aliphatic rings. The average Bonchev–Trinajstić information content (AvgIpc) is 2.80. The minimum absolute atomic E-state index is 0.388. The first kappa shape index (κ1) is 14.4. The summed E-state index contributed by atoms with van der Waals surface area (Å²) >= 11 is 7.37. The Bertz CT molecular complexity index is 510. The number of aliphatic hydroxyl groups excluding tert-OH is 1. The van der Waals surface area contributed by atoms with Gasteiger partial charge in [0.05, 0.1) is 13.2 Å². The molecule has 1 fully saturated rings. The van der Waals surface area contributed by atoms with Gasteiger partial charge in [0.1, 0.15) is 5.92 Å². The fraction of sp³-hybridized carbons (Fsp3) is 0.357. The van der Waals surface area contributed by atoms with Crippen molar-refractivity contribution in [1.29, 1.82) is 0 Å². The molecule has 0 bridgehead atoms. The lowest BCUT2D eigenvalue weighted by atomic mass is 9.97. The van der Waals surface area contributed by atoms with Gasteiger partial charge >= 0.3 is 5.97 Å². The first-order valence-electron chi connectivity index (χ1n) is 5.90. The number of thioether (sulfide) groups is 1. The van der Waals surface area contributed by atoms with Crippen LogP contribution in [0, 0.1) is 5.92 Å². The Morgan fingerprint density at radius 3 is 2.63 bits per heavy atom. The fourth-order valence-electron chi connectivity index (χ4n) is 2.11. The van der Waals surface area contributed by atoms with Gasteiger partial charge in [-0.2, -0.15) is 0 Å². The van der Waals surface area contributed by atoms with Crippen LogP contribution in [-0.2, 0) is 9.53 Å². The number of benzene rings is 1. The molecule has 0 saturated carbocycles. The Balaban J connectivity index is 2.39. The molecule has 0 spiro atoms. The number of ether oxygens (including phenoxy) is 1. The number of hydrogen-bond acceptors (Lipinski definition) is 4. The number of carbonyl (C=O) groups is 1. The first-order valence-corrected chi connectivity index (χ1v) is 7.26. The number of carbonyl (C=O) groups excluding carboxylic acids is 1. The molecule has 0 amide bonds. The van der Waals surface area contributed by atoms with Crippen LogP contribution in [0.3, 0.4) is 0 Å². The van der Waals surface area contributed by atoms with Crippen LogP contribution in [-0.4, -0.2) is 30.0 Å². The molecule has 5 heteroatoms. The van der Waals surface area contributed by atoms with E-state index in [0.29, 0.717) is 10.8 Å². The molecule has 2 unspecified atom stereocenters.